The van der Waals surface area contributed by atoms with Crippen LogP contribution in [0.5, 0.6) is 6.01 Å². The summed E-state index contributed by atoms with van der Waals surface area (Å²) in [6.07, 6.45) is 7.31. The molecule has 0 amide bonds. The van der Waals surface area contributed by atoms with Crippen molar-refractivity contribution in [2.24, 2.45) is 0 Å². The van der Waals surface area contributed by atoms with E-state index in [1.54, 1.807) is 11.0 Å². The second-order valence-corrected chi connectivity index (χ2v) is 12.7. The van der Waals surface area contributed by atoms with E-state index in [-0.39, 0.29) is 75.1 Å². The first-order valence-electron chi connectivity index (χ1n) is 16.0. The number of hydrogen-bond donors (Lipinski definition) is 1. The molecule has 0 unspecified atom stereocenters. The van der Waals surface area contributed by atoms with E-state index in [2.05, 4.69) is 20.9 Å². The molecule has 1 saturated carbocycles. The van der Waals surface area contributed by atoms with Gasteiger partial charge >= 0.3 is 6.01 Å². The maximum absolute atomic E-state index is 16.9. The number of nitrogen functional groups attached to an aromatic ring is 1. The van der Waals surface area contributed by atoms with Gasteiger partial charge < -0.3 is 20.1 Å². The van der Waals surface area contributed by atoms with Gasteiger partial charge in [0.25, 0.3) is 0 Å². The van der Waals surface area contributed by atoms with Crippen LogP contribution < -0.4 is 15.4 Å². The van der Waals surface area contributed by atoms with Gasteiger partial charge in [0.2, 0.25) is 0 Å². The van der Waals surface area contributed by atoms with E-state index in [9.17, 15) is 8.78 Å². The molecule has 3 saturated heterocycles. The highest BCUT2D eigenvalue weighted by Crippen LogP contribution is 2.45. The highest BCUT2D eigenvalue weighted by Gasteiger charge is 2.56. The van der Waals surface area contributed by atoms with Crippen molar-refractivity contribution in [3.63, 3.8) is 0 Å². The van der Waals surface area contributed by atoms with Crippen LogP contribution in [0, 0.1) is 24.0 Å². The summed E-state index contributed by atoms with van der Waals surface area (Å²) in [6.45, 7) is -0.814. The van der Waals surface area contributed by atoms with Crippen molar-refractivity contribution < 1.29 is 25.4 Å². The van der Waals surface area contributed by atoms with E-state index in [0.29, 0.717) is 44.3 Å². The standard InChI is InChI=1S/C33H30ClF3N6O2/c1-2-20-23(36)6-5-17-11-19(38)12-21(24(17)20)27-26(37)28-22(14-39-27)31(43-9-4-10-44-30-25(34)29(30)43)41-32(40-28)45-16-33-7-3-8-42(33)15-18(35)13-33/h1,5-6,11-12,14,18,25,29-30H,3-4,7-10,13,15-16,38H2/t18-,25+,29+,30-,33+/m1/s1/i16D2. The Balaban J connectivity index is 1.32. The lowest BCUT2D eigenvalue weighted by molar-refractivity contribution is 0.107. The third-order valence-corrected chi connectivity index (χ3v) is 9.89. The van der Waals surface area contributed by atoms with E-state index < -0.39 is 35.9 Å². The van der Waals surface area contributed by atoms with Crippen molar-refractivity contribution in [3.8, 4) is 29.6 Å². The molecule has 8 rings (SSSR count). The van der Waals surface area contributed by atoms with Crippen LogP contribution in [0.1, 0.15) is 34.0 Å². The van der Waals surface area contributed by atoms with E-state index in [4.69, 9.17) is 36.0 Å². The molecule has 4 fully saturated rings. The van der Waals surface area contributed by atoms with E-state index in [1.165, 1.54) is 24.4 Å². The summed E-state index contributed by atoms with van der Waals surface area (Å²) in [5.41, 5.74) is 4.95. The molecule has 1 aliphatic carbocycles. The molecule has 5 atom stereocenters. The number of rotatable bonds is 5. The minimum Gasteiger partial charge on any atom is -0.461 e. The average molecular weight is 637 g/mol. The number of halogens is 4. The second-order valence-electron chi connectivity index (χ2n) is 12.2. The van der Waals surface area contributed by atoms with E-state index >= 15 is 4.39 Å². The number of alkyl halides is 2. The Morgan fingerprint density at radius 2 is 2.11 bits per heavy atom. The maximum Gasteiger partial charge on any atom is 0.319 e. The van der Waals surface area contributed by atoms with Crippen molar-refractivity contribution in [2.75, 3.05) is 43.4 Å². The summed E-state index contributed by atoms with van der Waals surface area (Å²) >= 11 is 6.59. The van der Waals surface area contributed by atoms with Gasteiger partial charge in [-0.1, -0.05) is 12.0 Å². The Bertz CT molecular complexity index is 2000. The number of anilines is 2. The predicted molar refractivity (Wildman–Crippen MR) is 166 cm³/mol. The topological polar surface area (TPSA) is 89.6 Å². The number of nitrogens with two attached hydrogens (primary N) is 1. The minimum atomic E-state index is -2.41. The SMILES string of the molecule is [2H]C([2H])(Oc1nc(N2CCCO[C@@H]3[C@@H](Cl)[C@@H]32)c2cnc(-c3cc(N)cc4ccc(F)c(C#C)c34)c(F)c2n1)[C@@]12CCCN1C[C@H](F)C2. The first-order chi connectivity index (χ1) is 22.5. The molecule has 4 aromatic rings. The number of aromatic nitrogens is 3. The molecular weight excluding hydrogens is 605 g/mol. The lowest BCUT2D eigenvalue weighted by Crippen LogP contribution is -2.43. The Kier molecular flexibility index (Phi) is 6.22. The second kappa shape index (κ2) is 10.6. The van der Waals surface area contributed by atoms with Crippen molar-refractivity contribution in [2.45, 2.75) is 54.9 Å². The van der Waals surface area contributed by atoms with Crippen LogP contribution in [0.2, 0.25) is 0 Å². The van der Waals surface area contributed by atoms with Gasteiger partial charge in [0.1, 0.15) is 35.6 Å². The molecule has 45 heavy (non-hydrogen) atoms. The maximum atomic E-state index is 16.9. The van der Waals surface area contributed by atoms with Crippen LogP contribution in [0.3, 0.4) is 0 Å². The van der Waals surface area contributed by atoms with E-state index in [1.807, 2.05) is 4.90 Å². The molecule has 4 aliphatic rings. The first-order valence-corrected chi connectivity index (χ1v) is 15.4. The quantitative estimate of drug-likeness (QED) is 0.181. The van der Waals surface area contributed by atoms with Gasteiger partial charge in [-0.15, -0.1) is 18.0 Å². The van der Waals surface area contributed by atoms with Crippen LogP contribution in [0.25, 0.3) is 32.9 Å². The molecule has 12 heteroatoms. The molecule has 2 aromatic carbocycles. The summed E-state index contributed by atoms with van der Waals surface area (Å²) in [7, 11) is 0. The predicted octanol–water partition coefficient (Wildman–Crippen LogP) is 5.23. The van der Waals surface area contributed by atoms with Gasteiger partial charge in [-0.05, 0) is 49.4 Å². The highest BCUT2D eigenvalue weighted by atomic mass is 35.5. The molecule has 0 bridgehead atoms. The van der Waals surface area contributed by atoms with Gasteiger partial charge in [0, 0.05) is 49.0 Å². The summed E-state index contributed by atoms with van der Waals surface area (Å²) in [5.74, 6) is 1.07. The first kappa shape index (κ1) is 26.4. The van der Waals surface area contributed by atoms with Crippen LogP contribution in [-0.4, -0.2) is 81.9 Å². The molecule has 8 nitrogen and oxygen atoms in total. The summed E-state index contributed by atoms with van der Waals surface area (Å²) in [5, 5.41) is 0.650. The lowest BCUT2D eigenvalue weighted by atomic mass is 9.95. The van der Waals surface area contributed by atoms with Crippen molar-refractivity contribution in [1.82, 2.24) is 19.9 Å². The zero-order valence-electron chi connectivity index (χ0n) is 26.1. The summed E-state index contributed by atoms with van der Waals surface area (Å²) < 4.78 is 76.4. The Morgan fingerprint density at radius 3 is 2.96 bits per heavy atom. The Morgan fingerprint density at radius 1 is 1.24 bits per heavy atom. The molecule has 2 N–H and O–H groups in total. The largest absolute Gasteiger partial charge is 0.461 e. The van der Waals surface area contributed by atoms with Gasteiger partial charge in [-0.25, -0.2) is 13.2 Å². The van der Waals surface area contributed by atoms with Gasteiger partial charge in [-0.2, -0.15) is 9.97 Å². The van der Waals surface area contributed by atoms with Gasteiger partial charge in [0.15, 0.2) is 5.82 Å². The highest BCUT2D eigenvalue weighted by molar-refractivity contribution is 6.24. The molecule has 3 aliphatic heterocycles. The van der Waals surface area contributed by atoms with Gasteiger partial charge in [0.05, 0.1) is 36.8 Å². The monoisotopic (exact) mass is 636 g/mol. The third kappa shape index (κ3) is 4.56. The minimum absolute atomic E-state index is 0.0411. The van der Waals surface area contributed by atoms with Crippen LogP contribution in [-0.2, 0) is 4.74 Å². The average Bonchev–Trinajstić information content (AvgIpc) is 3.39. The van der Waals surface area contributed by atoms with Crippen LogP contribution >= 0.6 is 11.6 Å². The number of hydrogen-bond acceptors (Lipinski definition) is 8. The van der Waals surface area contributed by atoms with E-state index in [0.717, 1.165) is 0 Å². The number of pyridine rings is 1. The Labute approximate surface area is 265 Å². The Hall–Kier alpha value is -3.85. The summed E-state index contributed by atoms with van der Waals surface area (Å²) in [6, 6.07) is 5.12. The molecule has 0 radical (unpaired) electrons. The fraction of sp³-hybridized carbons (Fsp3) is 0.424. The number of ether oxygens (including phenoxy) is 2. The fourth-order valence-corrected chi connectivity index (χ4v) is 7.71. The molecule has 0 spiro atoms. The molecule has 2 aromatic heterocycles. The van der Waals surface area contributed by atoms with Gasteiger partial charge in [-0.3, -0.25) is 9.88 Å². The summed E-state index contributed by atoms with van der Waals surface area (Å²) in [4.78, 5) is 17.2. The zero-order chi connectivity index (χ0) is 32.8. The smallest absolute Gasteiger partial charge is 0.319 e. The van der Waals surface area contributed by atoms with Crippen molar-refractivity contribution in [1.29, 1.82) is 0 Å². The number of benzene rings is 2. The normalized spacial score (nSPS) is 28.7. The van der Waals surface area contributed by atoms with Crippen molar-refractivity contribution in [3.05, 3.63) is 47.7 Å². The number of fused-ring (bicyclic) bond motifs is 4. The van der Waals surface area contributed by atoms with Crippen LogP contribution in [0.4, 0.5) is 24.7 Å². The van der Waals surface area contributed by atoms with Crippen LogP contribution in [0.15, 0.2) is 30.5 Å². The lowest BCUT2D eigenvalue weighted by Gasteiger charge is -2.31. The third-order valence-electron chi connectivity index (χ3n) is 9.39. The number of terminal acetylenes is 1. The zero-order valence-corrected chi connectivity index (χ0v) is 24.8. The molecule has 232 valence electrons. The number of nitrogens with zero attached hydrogens (tertiary/aromatic N) is 5. The van der Waals surface area contributed by atoms with Crippen molar-refractivity contribution >= 4 is 44.8 Å². The fourth-order valence-electron chi connectivity index (χ4n) is 7.29. The molecule has 5 heterocycles. The molecular formula is C33H30ClF3N6O2.